The minimum absolute atomic E-state index is 0.0786. The predicted octanol–water partition coefficient (Wildman–Crippen LogP) is 3.23. The molecule has 0 aromatic heterocycles. The number of benzene rings is 2. The molecule has 0 radical (unpaired) electrons. The van der Waals surface area contributed by atoms with Crippen LogP contribution < -0.4 is 0 Å². The summed E-state index contributed by atoms with van der Waals surface area (Å²) in [4.78, 5) is -0.222. The smallest absolute Gasteiger partial charge is 0.294 e. The zero-order valence-electron chi connectivity index (χ0n) is 11.4. The molecule has 0 saturated heterocycles. The first-order chi connectivity index (χ1) is 10.3. The molecule has 0 saturated carbocycles. The van der Waals surface area contributed by atoms with E-state index < -0.39 is 10.1 Å². The summed E-state index contributed by atoms with van der Waals surface area (Å²) in [7, 11) is -4.26. The minimum atomic E-state index is -4.26. The number of aromatic hydroxyl groups is 1. The molecule has 0 amide bonds. The fraction of sp³-hybridized carbons (Fsp3) is 0.0714. The average Bonchev–Trinajstić information content (AvgIpc) is 2.46. The van der Waals surface area contributed by atoms with E-state index in [1.165, 1.54) is 36.4 Å². The van der Waals surface area contributed by atoms with Crippen LogP contribution in [-0.2, 0) is 10.1 Å². The van der Waals surface area contributed by atoms with Gasteiger partial charge in [0.25, 0.3) is 10.1 Å². The lowest BCUT2D eigenvalue weighted by atomic mass is 10.2. The van der Waals surface area contributed by atoms with E-state index in [0.29, 0.717) is 16.9 Å². The lowest BCUT2D eigenvalue weighted by Gasteiger charge is -2.02. The molecule has 0 heterocycles. The van der Waals surface area contributed by atoms with Crippen LogP contribution >= 0.6 is 0 Å². The Kier molecular flexibility index (Phi) is 4.21. The summed E-state index contributed by atoms with van der Waals surface area (Å²) in [5.74, 6) is -0.143. The lowest BCUT2D eigenvalue weighted by Crippen LogP contribution is -1.97. The van der Waals surface area contributed by atoms with E-state index >= 15 is 0 Å². The van der Waals surface area contributed by atoms with Gasteiger partial charge in [-0.3, -0.25) is 4.55 Å². The van der Waals surface area contributed by atoms with Crippen LogP contribution in [0.5, 0.6) is 5.75 Å². The maximum atomic E-state index is 11.0. The SMILES string of the molecule is Cc1cc(S(=O)(=O)O)ccc1N=Nc1ccc(O)c(C#N)c1. The first kappa shape index (κ1) is 15.6. The summed E-state index contributed by atoms with van der Waals surface area (Å²) in [6.07, 6.45) is 0. The van der Waals surface area contributed by atoms with Crippen molar-refractivity contribution in [3.05, 3.63) is 47.5 Å². The first-order valence-electron chi connectivity index (χ1n) is 6.04. The Balaban J connectivity index is 2.33. The van der Waals surface area contributed by atoms with Crippen LogP contribution in [0.25, 0.3) is 0 Å². The summed E-state index contributed by atoms with van der Waals surface area (Å²) < 4.78 is 31.0. The van der Waals surface area contributed by atoms with Crippen LogP contribution in [0.3, 0.4) is 0 Å². The van der Waals surface area contributed by atoms with Gasteiger partial charge in [0.2, 0.25) is 0 Å². The molecule has 0 fully saturated rings. The van der Waals surface area contributed by atoms with Crippen molar-refractivity contribution in [2.24, 2.45) is 10.2 Å². The molecule has 0 bridgehead atoms. The van der Waals surface area contributed by atoms with Gasteiger partial charge in [-0.25, -0.2) is 0 Å². The van der Waals surface area contributed by atoms with Gasteiger partial charge in [-0.15, -0.1) is 0 Å². The summed E-state index contributed by atoms with van der Waals surface area (Å²) in [6.45, 7) is 1.63. The Morgan fingerprint density at radius 3 is 2.45 bits per heavy atom. The number of nitrogens with zero attached hydrogens (tertiary/aromatic N) is 3. The van der Waals surface area contributed by atoms with Gasteiger partial charge in [0.1, 0.15) is 11.8 Å². The first-order valence-corrected chi connectivity index (χ1v) is 7.48. The largest absolute Gasteiger partial charge is 0.507 e. The zero-order valence-corrected chi connectivity index (χ0v) is 12.2. The van der Waals surface area contributed by atoms with Crippen LogP contribution in [0, 0.1) is 18.3 Å². The molecule has 2 rings (SSSR count). The molecule has 2 aromatic rings. The van der Waals surface area contributed by atoms with Gasteiger partial charge in [-0.05, 0) is 48.9 Å². The molecule has 7 nitrogen and oxygen atoms in total. The Hall–Kier alpha value is -2.76. The van der Waals surface area contributed by atoms with E-state index in [4.69, 9.17) is 9.81 Å². The van der Waals surface area contributed by atoms with Gasteiger partial charge in [-0.2, -0.15) is 23.9 Å². The zero-order chi connectivity index (χ0) is 16.3. The number of aryl methyl sites for hydroxylation is 1. The second-order valence-corrected chi connectivity index (χ2v) is 5.86. The molecule has 0 atom stereocenters. The van der Waals surface area contributed by atoms with Crippen LogP contribution in [0.1, 0.15) is 11.1 Å². The number of phenols is 1. The third-order valence-corrected chi connectivity index (χ3v) is 3.69. The lowest BCUT2D eigenvalue weighted by molar-refractivity contribution is 0.473. The van der Waals surface area contributed by atoms with Crippen LogP contribution in [0.4, 0.5) is 11.4 Å². The number of rotatable bonds is 3. The van der Waals surface area contributed by atoms with Crippen LogP contribution in [-0.4, -0.2) is 18.1 Å². The Morgan fingerprint density at radius 2 is 1.86 bits per heavy atom. The van der Waals surface area contributed by atoms with Crippen molar-refractivity contribution < 1.29 is 18.1 Å². The molecule has 112 valence electrons. The third-order valence-electron chi connectivity index (χ3n) is 2.84. The van der Waals surface area contributed by atoms with Crippen LogP contribution in [0.15, 0.2) is 51.5 Å². The summed E-state index contributed by atoms with van der Waals surface area (Å²) in [5.41, 5.74) is 1.37. The Labute approximate surface area is 126 Å². The molecular weight excluding hydrogens is 306 g/mol. The van der Waals surface area contributed by atoms with E-state index in [2.05, 4.69) is 10.2 Å². The van der Waals surface area contributed by atoms with E-state index in [1.54, 1.807) is 6.92 Å². The molecule has 0 unspecified atom stereocenters. The highest BCUT2D eigenvalue weighted by Gasteiger charge is 2.10. The van der Waals surface area contributed by atoms with Crippen molar-refractivity contribution in [2.75, 3.05) is 0 Å². The summed E-state index contributed by atoms with van der Waals surface area (Å²) in [6, 6.07) is 9.93. The minimum Gasteiger partial charge on any atom is -0.507 e. The highest BCUT2D eigenvalue weighted by atomic mass is 32.2. The Bertz CT molecular complexity index is 899. The number of hydrogen-bond acceptors (Lipinski definition) is 6. The van der Waals surface area contributed by atoms with E-state index in [1.807, 2.05) is 6.07 Å². The average molecular weight is 317 g/mol. The molecule has 2 aromatic carbocycles. The maximum Gasteiger partial charge on any atom is 0.294 e. The van der Waals surface area contributed by atoms with Crippen molar-refractivity contribution in [1.82, 2.24) is 0 Å². The maximum absolute atomic E-state index is 11.0. The van der Waals surface area contributed by atoms with E-state index in [-0.39, 0.29) is 16.2 Å². The quantitative estimate of drug-likeness (QED) is 0.664. The Morgan fingerprint density at radius 1 is 1.14 bits per heavy atom. The third kappa shape index (κ3) is 3.46. The summed E-state index contributed by atoms with van der Waals surface area (Å²) in [5, 5.41) is 26.1. The van der Waals surface area contributed by atoms with Gasteiger partial charge in [0.05, 0.1) is 21.8 Å². The monoisotopic (exact) mass is 317 g/mol. The fourth-order valence-corrected chi connectivity index (χ4v) is 2.25. The fourth-order valence-electron chi connectivity index (χ4n) is 1.69. The molecule has 8 heteroatoms. The predicted molar refractivity (Wildman–Crippen MR) is 78.0 cm³/mol. The second kappa shape index (κ2) is 5.93. The highest BCUT2D eigenvalue weighted by Crippen LogP contribution is 2.27. The van der Waals surface area contributed by atoms with Gasteiger partial charge >= 0.3 is 0 Å². The van der Waals surface area contributed by atoms with Crippen molar-refractivity contribution in [3.8, 4) is 11.8 Å². The van der Waals surface area contributed by atoms with E-state index in [0.717, 1.165) is 0 Å². The second-order valence-electron chi connectivity index (χ2n) is 4.44. The topological polar surface area (TPSA) is 123 Å². The van der Waals surface area contributed by atoms with Gasteiger partial charge in [0, 0.05) is 0 Å². The van der Waals surface area contributed by atoms with Crippen molar-refractivity contribution in [3.63, 3.8) is 0 Å². The van der Waals surface area contributed by atoms with Crippen molar-refractivity contribution in [1.29, 1.82) is 5.26 Å². The van der Waals surface area contributed by atoms with Gasteiger partial charge in [-0.1, -0.05) is 0 Å². The van der Waals surface area contributed by atoms with Gasteiger partial charge < -0.3 is 5.11 Å². The van der Waals surface area contributed by atoms with Crippen LogP contribution in [0.2, 0.25) is 0 Å². The molecule has 0 aliphatic heterocycles. The van der Waals surface area contributed by atoms with Gasteiger partial charge in [0.15, 0.2) is 0 Å². The number of hydrogen-bond donors (Lipinski definition) is 2. The van der Waals surface area contributed by atoms with Crippen molar-refractivity contribution >= 4 is 21.5 Å². The summed E-state index contributed by atoms with van der Waals surface area (Å²) >= 11 is 0. The molecule has 0 spiro atoms. The number of nitriles is 1. The normalized spacial score (nSPS) is 11.5. The molecule has 2 N–H and O–H groups in total. The molecule has 0 aliphatic rings. The number of phenolic OH excluding ortho intramolecular Hbond substituents is 1. The molecule has 22 heavy (non-hydrogen) atoms. The molecular formula is C14H11N3O4S. The standard InChI is InChI=1S/C14H11N3O4S/c1-9-6-12(22(19,20)21)3-4-13(9)17-16-11-2-5-14(18)10(7-11)8-15/h2-7,18H,1H3,(H,19,20,21). The van der Waals surface area contributed by atoms with E-state index in [9.17, 15) is 13.5 Å². The number of azo groups is 1. The molecule has 0 aliphatic carbocycles. The van der Waals surface area contributed by atoms with Crippen molar-refractivity contribution in [2.45, 2.75) is 11.8 Å². The highest BCUT2D eigenvalue weighted by molar-refractivity contribution is 7.85.